The van der Waals surface area contributed by atoms with E-state index in [9.17, 15) is 13.6 Å². The molecular formula is C24H30F2N8O. The first-order valence-electron chi connectivity index (χ1n) is 12.0. The topological polar surface area (TPSA) is 84.1 Å². The molecule has 0 aromatic carbocycles. The van der Waals surface area contributed by atoms with Crippen molar-refractivity contribution in [2.24, 2.45) is 0 Å². The third kappa shape index (κ3) is 4.90. The standard InChI is InChI=1S/C24H30F2N8O/c1-3-33-12-17(11-27-33)20-5-4-6-22(28-20)29-21-15-34(30-23(21)24(25)26)19-13-32(14-19)18-7-9-31(10-8-18)16(2)35/h4-6,11-12,15,18-19,24H,3,7-10,13-14H2,1-2H3,(H,28,29). The van der Waals surface area contributed by atoms with Gasteiger partial charge in [0.2, 0.25) is 5.91 Å². The number of alkyl halides is 2. The molecule has 0 bridgehead atoms. The summed E-state index contributed by atoms with van der Waals surface area (Å²) in [4.78, 5) is 20.4. The van der Waals surface area contributed by atoms with Gasteiger partial charge in [0.1, 0.15) is 5.82 Å². The lowest BCUT2D eigenvalue weighted by molar-refractivity contribution is -0.130. The van der Waals surface area contributed by atoms with E-state index in [2.05, 4.69) is 25.4 Å². The maximum Gasteiger partial charge on any atom is 0.284 e. The lowest BCUT2D eigenvalue weighted by Crippen LogP contribution is -2.56. The number of aromatic nitrogens is 5. The maximum absolute atomic E-state index is 13.8. The molecule has 2 aliphatic rings. The highest BCUT2D eigenvalue weighted by Crippen LogP contribution is 2.33. The molecule has 0 spiro atoms. The van der Waals surface area contributed by atoms with Crippen LogP contribution in [0.5, 0.6) is 0 Å². The lowest BCUT2D eigenvalue weighted by Gasteiger charge is -2.47. The van der Waals surface area contributed by atoms with Gasteiger partial charge in [-0.05, 0) is 31.9 Å². The van der Waals surface area contributed by atoms with Crippen LogP contribution in [0.1, 0.15) is 44.9 Å². The molecule has 9 nitrogen and oxygen atoms in total. The molecule has 3 aromatic rings. The van der Waals surface area contributed by atoms with E-state index in [0.29, 0.717) is 17.6 Å². The number of aryl methyl sites for hydroxylation is 1. The number of rotatable bonds is 7. The van der Waals surface area contributed by atoms with Gasteiger partial charge < -0.3 is 10.2 Å². The molecule has 5 heterocycles. The fraction of sp³-hybridized carbons (Fsp3) is 0.500. The Morgan fingerprint density at radius 3 is 2.60 bits per heavy atom. The van der Waals surface area contributed by atoms with E-state index in [1.807, 2.05) is 34.8 Å². The number of pyridine rings is 1. The van der Waals surface area contributed by atoms with Crippen LogP contribution in [-0.2, 0) is 11.3 Å². The lowest BCUT2D eigenvalue weighted by atomic mass is 9.97. The van der Waals surface area contributed by atoms with Gasteiger partial charge in [0, 0.05) is 63.6 Å². The van der Waals surface area contributed by atoms with Crippen LogP contribution in [0.2, 0.25) is 0 Å². The van der Waals surface area contributed by atoms with Crippen molar-refractivity contribution in [2.45, 2.75) is 51.7 Å². The SMILES string of the molecule is CCn1cc(-c2cccc(Nc3cn(C4CN(C5CCN(C(C)=O)CC5)C4)nc3C(F)F)n2)cn1. The van der Waals surface area contributed by atoms with E-state index < -0.39 is 6.43 Å². The average molecular weight is 485 g/mol. The normalized spacial score (nSPS) is 17.7. The third-order valence-corrected chi connectivity index (χ3v) is 6.92. The number of nitrogens with one attached hydrogen (secondary N) is 1. The van der Waals surface area contributed by atoms with E-state index in [-0.39, 0.29) is 23.3 Å². The number of piperidine rings is 1. The molecule has 0 atom stereocenters. The number of nitrogens with zero attached hydrogens (tertiary/aromatic N) is 7. The van der Waals surface area contributed by atoms with Gasteiger partial charge in [-0.1, -0.05) is 6.07 Å². The summed E-state index contributed by atoms with van der Waals surface area (Å²) >= 11 is 0. The van der Waals surface area contributed by atoms with Crippen molar-refractivity contribution >= 4 is 17.4 Å². The van der Waals surface area contributed by atoms with Crippen molar-refractivity contribution in [3.8, 4) is 11.3 Å². The molecule has 1 N–H and O–H groups in total. The first-order chi connectivity index (χ1) is 16.9. The van der Waals surface area contributed by atoms with E-state index in [4.69, 9.17) is 0 Å². The smallest absolute Gasteiger partial charge is 0.284 e. The minimum atomic E-state index is -2.70. The van der Waals surface area contributed by atoms with Crippen LogP contribution < -0.4 is 5.32 Å². The number of halogens is 2. The van der Waals surface area contributed by atoms with Crippen molar-refractivity contribution in [1.82, 2.24) is 34.3 Å². The summed E-state index contributed by atoms with van der Waals surface area (Å²) in [6, 6.07) is 5.92. The zero-order valence-corrected chi connectivity index (χ0v) is 19.9. The Balaban J connectivity index is 1.25. The quantitative estimate of drug-likeness (QED) is 0.551. The van der Waals surface area contributed by atoms with Crippen LogP contribution >= 0.6 is 0 Å². The Labute approximate surface area is 202 Å². The highest BCUT2D eigenvalue weighted by molar-refractivity contribution is 5.73. The summed E-state index contributed by atoms with van der Waals surface area (Å²) < 4.78 is 31.1. The summed E-state index contributed by atoms with van der Waals surface area (Å²) in [5, 5.41) is 11.5. The molecule has 0 saturated carbocycles. The average Bonchev–Trinajstić information content (AvgIpc) is 3.46. The van der Waals surface area contributed by atoms with Gasteiger partial charge in [0.25, 0.3) is 6.43 Å². The monoisotopic (exact) mass is 484 g/mol. The summed E-state index contributed by atoms with van der Waals surface area (Å²) in [5.74, 6) is 0.595. The van der Waals surface area contributed by atoms with E-state index >= 15 is 0 Å². The van der Waals surface area contributed by atoms with Crippen LogP contribution in [0, 0.1) is 0 Å². The van der Waals surface area contributed by atoms with Gasteiger partial charge in [-0.15, -0.1) is 0 Å². The van der Waals surface area contributed by atoms with Crippen molar-refractivity contribution in [2.75, 3.05) is 31.5 Å². The van der Waals surface area contributed by atoms with Crippen molar-refractivity contribution < 1.29 is 13.6 Å². The van der Waals surface area contributed by atoms with Crippen LogP contribution in [0.3, 0.4) is 0 Å². The molecule has 11 heteroatoms. The fourth-order valence-electron chi connectivity index (χ4n) is 4.82. The van der Waals surface area contributed by atoms with E-state index in [1.165, 1.54) is 0 Å². The Kier molecular flexibility index (Phi) is 6.50. The Hall–Kier alpha value is -3.34. The Morgan fingerprint density at radius 2 is 1.94 bits per heavy atom. The van der Waals surface area contributed by atoms with Crippen molar-refractivity contribution in [3.05, 3.63) is 42.5 Å². The van der Waals surface area contributed by atoms with Gasteiger partial charge in [0.05, 0.1) is 23.6 Å². The fourth-order valence-corrected chi connectivity index (χ4v) is 4.82. The van der Waals surface area contributed by atoms with Crippen LogP contribution in [0.15, 0.2) is 36.8 Å². The van der Waals surface area contributed by atoms with Crippen molar-refractivity contribution in [1.29, 1.82) is 0 Å². The second-order valence-electron chi connectivity index (χ2n) is 9.17. The van der Waals surface area contributed by atoms with Gasteiger partial charge in [-0.25, -0.2) is 13.8 Å². The number of hydrogen-bond donors (Lipinski definition) is 1. The third-order valence-electron chi connectivity index (χ3n) is 6.92. The molecule has 35 heavy (non-hydrogen) atoms. The molecule has 1 amide bonds. The summed E-state index contributed by atoms with van der Waals surface area (Å²) in [6.07, 6.45) is 4.49. The predicted octanol–water partition coefficient (Wildman–Crippen LogP) is 3.71. The second kappa shape index (κ2) is 9.73. The first-order valence-corrected chi connectivity index (χ1v) is 12.0. The maximum atomic E-state index is 13.8. The minimum absolute atomic E-state index is 0.0491. The molecule has 2 fully saturated rings. The molecule has 0 radical (unpaired) electrons. The molecular weight excluding hydrogens is 454 g/mol. The van der Waals surface area contributed by atoms with Crippen LogP contribution in [-0.4, -0.2) is 72.5 Å². The number of amides is 1. The van der Waals surface area contributed by atoms with E-state index in [1.54, 1.807) is 30.1 Å². The molecule has 2 saturated heterocycles. The molecule has 5 rings (SSSR count). The molecule has 0 aliphatic carbocycles. The largest absolute Gasteiger partial charge is 0.343 e. The van der Waals surface area contributed by atoms with Gasteiger partial charge in [0.15, 0.2) is 5.69 Å². The summed E-state index contributed by atoms with van der Waals surface area (Å²) in [6.45, 7) is 7.45. The molecule has 3 aromatic heterocycles. The number of likely N-dealkylation sites (tertiary alicyclic amines) is 2. The van der Waals surface area contributed by atoms with Crippen LogP contribution in [0.25, 0.3) is 11.3 Å². The zero-order valence-electron chi connectivity index (χ0n) is 19.9. The van der Waals surface area contributed by atoms with Gasteiger partial charge in [-0.2, -0.15) is 10.2 Å². The molecule has 186 valence electrons. The predicted molar refractivity (Wildman–Crippen MR) is 127 cm³/mol. The van der Waals surface area contributed by atoms with Gasteiger partial charge >= 0.3 is 0 Å². The number of carbonyl (C=O) groups is 1. The van der Waals surface area contributed by atoms with E-state index in [0.717, 1.165) is 51.1 Å². The molecule has 0 unspecified atom stereocenters. The summed E-state index contributed by atoms with van der Waals surface area (Å²) in [7, 11) is 0. The highest BCUT2D eigenvalue weighted by atomic mass is 19.3. The van der Waals surface area contributed by atoms with Crippen LogP contribution in [0.4, 0.5) is 20.3 Å². The Bertz CT molecular complexity index is 1180. The number of carbonyl (C=O) groups excluding carboxylic acids is 1. The Morgan fingerprint density at radius 1 is 1.17 bits per heavy atom. The summed E-state index contributed by atoms with van der Waals surface area (Å²) in [5.41, 5.74) is 1.57. The molecule has 2 aliphatic heterocycles. The zero-order chi connectivity index (χ0) is 24.5. The first kappa shape index (κ1) is 23.4. The highest BCUT2D eigenvalue weighted by Gasteiger charge is 2.36. The van der Waals surface area contributed by atoms with Crippen molar-refractivity contribution in [3.63, 3.8) is 0 Å². The number of hydrogen-bond acceptors (Lipinski definition) is 6. The van der Waals surface area contributed by atoms with Gasteiger partial charge in [-0.3, -0.25) is 19.1 Å². The second-order valence-corrected chi connectivity index (χ2v) is 9.17. The number of anilines is 2. The minimum Gasteiger partial charge on any atom is -0.343 e.